The fraction of sp³-hybridized carbons (Fsp3) is 0.375. The first-order chi connectivity index (χ1) is 10.0. The summed E-state index contributed by atoms with van der Waals surface area (Å²) in [5.74, 6) is 0.314. The lowest BCUT2D eigenvalue weighted by Crippen LogP contribution is -2.14. The van der Waals surface area contributed by atoms with Gasteiger partial charge in [0.25, 0.3) is 0 Å². The maximum absolute atomic E-state index is 12.6. The van der Waals surface area contributed by atoms with Crippen molar-refractivity contribution >= 4 is 17.4 Å². The SMILES string of the molecule is COCCn1ncc(Cl)c1C(=O)c1ccc(C(C)C)cc1. The van der Waals surface area contributed by atoms with Gasteiger partial charge in [0.1, 0.15) is 5.69 Å². The first-order valence-electron chi connectivity index (χ1n) is 6.89. The lowest BCUT2D eigenvalue weighted by atomic mass is 10.00. The number of carbonyl (C=O) groups excluding carboxylic acids is 1. The number of methoxy groups -OCH3 is 1. The third kappa shape index (κ3) is 3.52. The van der Waals surface area contributed by atoms with E-state index < -0.39 is 0 Å². The summed E-state index contributed by atoms with van der Waals surface area (Å²) in [7, 11) is 1.61. The Hall–Kier alpha value is -1.65. The zero-order valence-electron chi connectivity index (χ0n) is 12.5. The quantitative estimate of drug-likeness (QED) is 0.767. The Balaban J connectivity index is 2.29. The van der Waals surface area contributed by atoms with Crippen LogP contribution in [0.5, 0.6) is 0 Å². The molecule has 112 valence electrons. The van der Waals surface area contributed by atoms with E-state index in [0.29, 0.717) is 35.3 Å². The summed E-state index contributed by atoms with van der Waals surface area (Å²) in [6.07, 6.45) is 1.49. The molecule has 0 unspecified atom stereocenters. The number of ketones is 1. The Morgan fingerprint density at radius 3 is 2.57 bits per heavy atom. The first kappa shape index (κ1) is 15.7. The summed E-state index contributed by atoms with van der Waals surface area (Å²) in [6.45, 7) is 5.21. The van der Waals surface area contributed by atoms with Crippen LogP contribution in [0.15, 0.2) is 30.5 Å². The fourth-order valence-corrected chi connectivity index (χ4v) is 2.32. The second kappa shape index (κ2) is 6.87. The molecule has 4 nitrogen and oxygen atoms in total. The Labute approximate surface area is 129 Å². The Morgan fingerprint density at radius 2 is 2.00 bits per heavy atom. The van der Waals surface area contributed by atoms with Crippen LogP contribution in [0.4, 0.5) is 0 Å². The molecule has 0 bridgehead atoms. The number of halogens is 1. The van der Waals surface area contributed by atoms with Gasteiger partial charge in [0.05, 0.1) is 24.4 Å². The molecule has 0 aliphatic carbocycles. The number of carbonyl (C=O) groups is 1. The van der Waals surface area contributed by atoms with Crippen molar-refractivity contribution in [2.75, 3.05) is 13.7 Å². The summed E-state index contributed by atoms with van der Waals surface area (Å²) in [4.78, 5) is 12.6. The molecule has 0 aliphatic rings. The molecule has 1 aromatic carbocycles. The summed E-state index contributed by atoms with van der Waals surface area (Å²) in [5, 5.41) is 4.49. The third-order valence-corrected chi connectivity index (χ3v) is 3.63. The van der Waals surface area contributed by atoms with Crippen molar-refractivity contribution in [3.05, 3.63) is 52.3 Å². The summed E-state index contributed by atoms with van der Waals surface area (Å²) in [6, 6.07) is 7.62. The second-order valence-corrected chi connectivity index (χ2v) is 5.57. The molecule has 5 heteroatoms. The molecule has 0 saturated carbocycles. The number of rotatable bonds is 6. The van der Waals surface area contributed by atoms with Gasteiger partial charge in [-0.25, -0.2) is 0 Å². The lowest BCUT2D eigenvalue weighted by molar-refractivity contribution is 0.102. The van der Waals surface area contributed by atoms with Gasteiger partial charge in [0, 0.05) is 12.7 Å². The van der Waals surface area contributed by atoms with E-state index in [0.717, 1.165) is 0 Å². The second-order valence-electron chi connectivity index (χ2n) is 5.16. The minimum Gasteiger partial charge on any atom is -0.383 e. The molecule has 2 aromatic rings. The van der Waals surface area contributed by atoms with E-state index >= 15 is 0 Å². The molecule has 0 N–H and O–H groups in total. The van der Waals surface area contributed by atoms with E-state index in [2.05, 4.69) is 18.9 Å². The van der Waals surface area contributed by atoms with E-state index in [-0.39, 0.29) is 5.78 Å². The minimum atomic E-state index is -0.121. The monoisotopic (exact) mass is 306 g/mol. The molecule has 0 atom stereocenters. The van der Waals surface area contributed by atoms with Gasteiger partial charge in [0.2, 0.25) is 5.78 Å². The molecule has 0 saturated heterocycles. The minimum absolute atomic E-state index is 0.121. The molecule has 1 aromatic heterocycles. The van der Waals surface area contributed by atoms with Gasteiger partial charge in [-0.2, -0.15) is 5.10 Å². The van der Waals surface area contributed by atoms with Crippen LogP contribution in [-0.2, 0) is 11.3 Å². The van der Waals surface area contributed by atoms with Crippen LogP contribution in [0.1, 0.15) is 41.4 Å². The number of benzene rings is 1. The molecule has 2 rings (SSSR count). The summed E-state index contributed by atoms with van der Waals surface area (Å²) >= 11 is 6.11. The molecule has 0 radical (unpaired) electrons. The van der Waals surface area contributed by atoms with Crippen LogP contribution in [0.25, 0.3) is 0 Å². The normalized spacial score (nSPS) is 11.1. The number of hydrogen-bond donors (Lipinski definition) is 0. The van der Waals surface area contributed by atoms with Crippen molar-refractivity contribution in [2.45, 2.75) is 26.3 Å². The van der Waals surface area contributed by atoms with Gasteiger partial charge in [0.15, 0.2) is 0 Å². The number of aromatic nitrogens is 2. The van der Waals surface area contributed by atoms with Gasteiger partial charge in [-0.1, -0.05) is 49.7 Å². The van der Waals surface area contributed by atoms with Gasteiger partial charge >= 0.3 is 0 Å². The van der Waals surface area contributed by atoms with Crippen LogP contribution in [0.2, 0.25) is 5.02 Å². The first-order valence-corrected chi connectivity index (χ1v) is 7.27. The van der Waals surface area contributed by atoms with Crippen LogP contribution in [-0.4, -0.2) is 29.3 Å². The van der Waals surface area contributed by atoms with Gasteiger partial charge in [-0.15, -0.1) is 0 Å². The van der Waals surface area contributed by atoms with E-state index in [1.54, 1.807) is 11.8 Å². The Morgan fingerprint density at radius 1 is 1.33 bits per heavy atom. The maximum atomic E-state index is 12.6. The Bertz CT molecular complexity index is 618. The standard InChI is InChI=1S/C16H19ClN2O2/c1-11(2)12-4-6-13(7-5-12)16(20)15-14(17)10-18-19(15)8-9-21-3/h4-7,10-11H,8-9H2,1-3H3. The van der Waals surface area contributed by atoms with E-state index in [4.69, 9.17) is 16.3 Å². The van der Waals surface area contributed by atoms with E-state index in [1.807, 2.05) is 24.3 Å². The van der Waals surface area contributed by atoms with Crippen molar-refractivity contribution in [2.24, 2.45) is 0 Å². The highest BCUT2D eigenvalue weighted by Crippen LogP contribution is 2.21. The molecule has 0 fully saturated rings. The topological polar surface area (TPSA) is 44.1 Å². The van der Waals surface area contributed by atoms with Gasteiger partial charge < -0.3 is 4.74 Å². The van der Waals surface area contributed by atoms with Gasteiger partial charge in [-0.05, 0) is 11.5 Å². The third-order valence-electron chi connectivity index (χ3n) is 3.36. The zero-order chi connectivity index (χ0) is 15.4. The van der Waals surface area contributed by atoms with Crippen molar-refractivity contribution < 1.29 is 9.53 Å². The highest BCUT2D eigenvalue weighted by molar-refractivity contribution is 6.34. The maximum Gasteiger partial charge on any atom is 0.212 e. The number of nitrogens with zero attached hydrogens (tertiary/aromatic N) is 2. The molecule has 21 heavy (non-hydrogen) atoms. The smallest absolute Gasteiger partial charge is 0.212 e. The van der Waals surface area contributed by atoms with E-state index in [9.17, 15) is 4.79 Å². The summed E-state index contributed by atoms with van der Waals surface area (Å²) < 4.78 is 6.61. The van der Waals surface area contributed by atoms with Crippen LogP contribution in [0.3, 0.4) is 0 Å². The molecule has 0 aliphatic heterocycles. The zero-order valence-corrected chi connectivity index (χ0v) is 13.2. The molecular formula is C16H19ClN2O2. The lowest BCUT2D eigenvalue weighted by Gasteiger charge is -2.09. The number of ether oxygens (including phenoxy) is 1. The fourth-order valence-electron chi connectivity index (χ4n) is 2.09. The van der Waals surface area contributed by atoms with Gasteiger partial charge in [-0.3, -0.25) is 9.48 Å². The highest BCUT2D eigenvalue weighted by atomic mass is 35.5. The van der Waals surface area contributed by atoms with Crippen LogP contribution in [0, 0.1) is 0 Å². The van der Waals surface area contributed by atoms with Crippen molar-refractivity contribution in [3.63, 3.8) is 0 Å². The molecular weight excluding hydrogens is 288 g/mol. The predicted octanol–water partition coefficient (Wildman–Crippen LogP) is 3.54. The van der Waals surface area contributed by atoms with Crippen molar-refractivity contribution in [1.29, 1.82) is 0 Å². The largest absolute Gasteiger partial charge is 0.383 e. The molecule has 0 spiro atoms. The van der Waals surface area contributed by atoms with E-state index in [1.165, 1.54) is 11.8 Å². The predicted molar refractivity (Wildman–Crippen MR) is 83.1 cm³/mol. The average molecular weight is 307 g/mol. The average Bonchev–Trinajstić information content (AvgIpc) is 2.85. The van der Waals surface area contributed by atoms with Crippen molar-refractivity contribution in [3.8, 4) is 0 Å². The van der Waals surface area contributed by atoms with Crippen molar-refractivity contribution in [1.82, 2.24) is 9.78 Å². The number of hydrogen-bond acceptors (Lipinski definition) is 3. The highest BCUT2D eigenvalue weighted by Gasteiger charge is 2.19. The molecule has 1 heterocycles. The van der Waals surface area contributed by atoms with Crippen LogP contribution < -0.4 is 0 Å². The van der Waals surface area contributed by atoms with Crippen LogP contribution >= 0.6 is 11.6 Å². The molecule has 0 amide bonds. The Kier molecular flexibility index (Phi) is 5.15. The summed E-state index contributed by atoms with van der Waals surface area (Å²) in [5.41, 5.74) is 2.22.